The van der Waals surface area contributed by atoms with E-state index < -0.39 is 103 Å². The van der Waals surface area contributed by atoms with Crippen LogP contribution in [0.3, 0.4) is 0 Å². The Morgan fingerprint density at radius 3 is 1.60 bits per heavy atom. The van der Waals surface area contributed by atoms with Crippen LogP contribution in [0.2, 0.25) is 0 Å². The van der Waals surface area contributed by atoms with E-state index in [1.165, 1.54) is 12.1 Å². The van der Waals surface area contributed by atoms with Gasteiger partial charge in [0, 0.05) is 16.3 Å². The highest BCUT2D eigenvalue weighted by Crippen LogP contribution is 2.50. The van der Waals surface area contributed by atoms with Crippen molar-refractivity contribution in [3.63, 3.8) is 0 Å². The molecule has 1 nitrogen and oxygen atoms in total. The van der Waals surface area contributed by atoms with E-state index in [0.29, 0.717) is 11.0 Å². The van der Waals surface area contributed by atoms with E-state index in [-0.39, 0.29) is 77.0 Å². The highest BCUT2D eigenvalue weighted by Gasteiger charge is 2.23. The van der Waals surface area contributed by atoms with Crippen molar-refractivity contribution in [1.82, 2.24) is 0 Å². The Morgan fingerprint density at radius 1 is 0.356 bits per heavy atom. The zero-order valence-electron chi connectivity index (χ0n) is 40.3. The molecule has 0 aliphatic heterocycles. The first-order valence-electron chi connectivity index (χ1n) is 22.6. The molecule has 0 radical (unpaired) electrons. The Morgan fingerprint density at radius 2 is 0.911 bits per heavy atom. The molecule has 0 N–H and O–H groups in total. The molecule has 0 fully saturated rings. The average Bonchev–Trinajstić information content (AvgIpc) is 3.66. The summed E-state index contributed by atoms with van der Waals surface area (Å²) in [7, 11) is 0. The van der Waals surface area contributed by atoms with Gasteiger partial charge in [-0.05, 0) is 78.7 Å². The van der Waals surface area contributed by atoms with E-state index in [1.54, 1.807) is 54.6 Å². The largest absolute Gasteiger partial charge is 0.456 e. The van der Waals surface area contributed by atoms with Crippen LogP contribution in [0, 0.1) is 0 Å². The van der Waals surface area contributed by atoms with Gasteiger partial charge in [-0.15, -0.1) is 0 Å². The van der Waals surface area contributed by atoms with Gasteiger partial charge in [0.1, 0.15) is 11.2 Å². The van der Waals surface area contributed by atoms with Crippen LogP contribution in [0.5, 0.6) is 0 Å². The summed E-state index contributed by atoms with van der Waals surface area (Å²) in [4.78, 5) is 0. The molecule has 0 saturated heterocycles. The summed E-state index contributed by atoms with van der Waals surface area (Å²) in [6.45, 7) is 0. The lowest BCUT2D eigenvalue weighted by atomic mass is 9.81. The van der Waals surface area contributed by atoms with E-state index in [2.05, 4.69) is 0 Å². The molecule has 1 aromatic heterocycles. The fourth-order valence-corrected chi connectivity index (χ4v) is 6.13. The lowest BCUT2D eigenvalue weighted by Crippen LogP contribution is -1.94. The SMILES string of the molecule is [2H]c1c([2H])c([2H])c(-c2c(-c3c4c([2H])c([2H])c([2H])c([2H])c4c(-c4c([2H])c([2H])c([2H])c([2H])c4-c4ccccc4)c4c([2H])c([2H])c([2H])c([2H])c34)ccc3oc4ccccc4c23)c([2H])c1[2H]. The summed E-state index contributed by atoms with van der Waals surface area (Å²) in [5, 5.41) is -0.670. The van der Waals surface area contributed by atoms with Crippen LogP contribution >= 0.6 is 0 Å². The molecule has 1 heterocycles. The molecular formula is C44H28O. The quantitative estimate of drug-likeness (QED) is 0.186. The van der Waals surface area contributed by atoms with Crippen molar-refractivity contribution < 1.29 is 27.7 Å². The first kappa shape index (κ1) is 13.8. The third-order valence-electron chi connectivity index (χ3n) is 7.94. The molecule has 8 aromatic carbocycles. The van der Waals surface area contributed by atoms with Gasteiger partial charge in [-0.3, -0.25) is 0 Å². The molecule has 9 rings (SSSR count). The Labute approximate surface area is 285 Å². The van der Waals surface area contributed by atoms with E-state index in [4.69, 9.17) is 18.1 Å². The normalized spacial score (nSPS) is 16.8. The fraction of sp³-hybridized carbons (Fsp3) is 0. The molecule has 1 heteroatoms. The van der Waals surface area contributed by atoms with Crippen molar-refractivity contribution in [3.05, 3.63) is 169 Å². The average molecular weight is 590 g/mol. The van der Waals surface area contributed by atoms with Crippen molar-refractivity contribution in [3.8, 4) is 44.5 Å². The van der Waals surface area contributed by atoms with Crippen molar-refractivity contribution in [2.75, 3.05) is 0 Å². The van der Waals surface area contributed by atoms with Crippen LogP contribution in [0.1, 0.15) is 23.3 Å². The van der Waals surface area contributed by atoms with Crippen LogP contribution in [0.25, 0.3) is 88.0 Å². The molecule has 9 aromatic rings. The van der Waals surface area contributed by atoms with Gasteiger partial charge in [-0.25, -0.2) is 0 Å². The van der Waals surface area contributed by atoms with Gasteiger partial charge in [0.05, 0.1) is 23.3 Å². The van der Waals surface area contributed by atoms with Gasteiger partial charge in [-0.2, -0.15) is 0 Å². The topological polar surface area (TPSA) is 13.1 Å². The highest BCUT2D eigenvalue weighted by atomic mass is 16.3. The van der Waals surface area contributed by atoms with Gasteiger partial charge in [0.25, 0.3) is 0 Å². The summed E-state index contributed by atoms with van der Waals surface area (Å²) in [6.07, 6.45) is 0. The van der Waals surface area contributed by atoms with Gasteiger partial charge in [0.15, 0.2) is 0 Å². The molecule has 0 amide bonds. The lowest BCUT2D eigenvalue weighted by Gasteiger charge is -2.21. The molecule has 0 bridgehead atoms. The third-order valence-corrected chi connectivity index (χ3v) is 7.94. The summed E-state index contributed by atoms with van der Waals surface area (Å²) < 4.78 is 160. The summed E-state index contributed by atoms with van der Waals surface area (Å²) in [6, 6.07) is 6.32. The zero-order valence-corrected chi connectivity index (χ0v) is 23.3. The van der Waals surface area contributed by atoms with Gasteiger partial charge < -0.3 is 4.42 Å². The second-order valence-electron chi connectivity index (χ2n) is 10.3. The first-order valence-corrected chi connectivity index (χ1v) is 14.1. The minimum Gasteiger partial charge on any atom is -0.456 e. The summed E-state index contributed by atoms with van der Waals surface area (Å²) >= 11 is 0. The molecule has 0 atom stereocenters. The van der Waals surface area contributed by atoms with E-state index in [9.17, 15) is 9.60 Å². The lowest BCUT2D eigenvalue weighted by molar-refractivity contribution is 0.669. The van der Waals surface area contributed by atoms with Crippen molar-refractivity contribution in [1.29, 1.82) is 0 Å². The summed E-state index contributed by atoms with van der Waals surface area (Å²) in [5.41, 5.74) is -0.493. The maximum Gasteiger partial charge on any atom is 0.136 e. The second-order valence-corrected chi connectivity index (χ2v) is 10.3. The van der Waals surface area contributed by atoms with E-state index in [1.807, 2.05) is 0 Å². The zero-order chi connectivity index (χ0) is 44.5. The van der Waals surface area contributed by atoms with E-state index in [0.717, 1.165) is 0 Å². The predicted octanol–water partition coefficient (Wildman–Crippen LogP) is 12.6. The highest BCUT2D eigenvalue weighted by molar-refractivity contribution is 6.25. The number of hydrogen-bond donors (Lipinski definition) is 0. The van der Waals surface area contributed by atoms with Gasteiger partial charge in [-0.1, -0.05) is 151 Å². The number of para-hydroxylation sites is 1. The standard InChI is InChI=1S/C44H28O/c1-3-15-29(16-4-1)31-19-7-8-20-32(31)42-33-21-9-11-23-35(33)43(36-24-12-10-22-34(36)42)38-27-28-40-44(37-25-13-14-26-39(37)45-40)41(38)30-17-5-2-6-18-30/h1-28H/i2D,5D,6D,7D,8D,9D,10D,11D,12D,17D,18D,19D,20D,21D,22D,23D,24D. The minimum atomic E-state index is -0.751. The predicted molar refractivity (Wildman–Crippen MR) is 190 cm³/mol. The minimum absolute atomic E-state index is 0.0440. The number of benzene rings is 8. The first-order chi connectivity index (χ1) is 29.4. The maximum atomic E-state index is 9.57. The van der Waals surface area contributed by atoms with E-state index >= 15 is 0 Å². The monoisotopic (exact) mass is 589 g/mol. The van der Waals surface area contributed by atoms with Crippen LogP contribution in [-0.2, 0) is 0 Å². The molecule has 210 valence electrons. The smallest absolute Gasteiger partial charge is 0.136 e. The molecule has 0 saturated carbocycles. The van der Waals surface area contributed by atoms with Crippen molar-refractivity contribution in [2.24, 2.45) is 0 Å². The molecule has 0 aliphatic rings. The Kier molecular flexibility index (Phi) is 3.18. The van der Waals surface area contributed by atoms with Crippen LogP contribution in [-0.4, -0.2) is 0 Å². The second kappa shape index (κ2) is 10.4. The Balaban J connectivity index is 1.66. The van der Waals surface area contributed by atoms with Crippen LogP contribution < -0.4 is 0 Å². The molecular weight excluding hydrogens is 544 g/mol. The molecule has 0 spiro atoms. The van der Waals surface area contributed by atoms with Crippen molar-refractivity contribution >= 4 is 43.5 Å². The molecule has 45 heavy (non-hydrogen) atoms. The maximum absolute atomic E-state index is 9.57. The molecule has 0 aliphatic carbocycles. The number of rotatable bonds is 4. The number of fused-ring (bicyclic) bond motifs is 5. The van der Waals surface area contributed by atoms with Crippen LogP contribution in [0.15, 0.2) is 174 Å². The Hall–Kier alpha value is -5.92. The summed E-state index contributed by atoms with van der Waals surface area (Å²) in [5.74, 6) is 0. The number of furan rings is 1. The van der Waals surface area contributed by atoms with Crippen LogP contribution in [0.4, 0.5) is 0 Å². The molecule has 0 unspecified atom stereocenters. The third kappa shape index (κ3) is 4.02. The fourth-order valence-electron chi connectivity index (χ4n) is 6.13. The van der Waals surface area contributed by atoms with Crippen molar-refractivity contribution in [2.45, 2.75) is 0 Å². The number of hydrogen-bond acceptors (Lipinski definition) is 1. The van der Waals surface area contributed by atoms with Gasteiger partial charge in [0.2, 0.25) is 0 Å². The van der Waals surface area contributed by atoms with Gasteiger partial charge >= 0.3 is 0 Å². The Bertz CT molecular complexity index is 3380.